The number of carbonyl (C=O) groups excluding carboxylic acids is 1. The van der Waals surface area contributed by atoms with Crippen molar-refractivity contribution in [3.05, 3.63) is 89.0 Å². The van der Waals surface area contributed by atoms with E-state index in [1.807, 2.05) is 12.1 Å². The van der Waals surface area contributed by atoms with Crippen LogP contribution in [0.25, 0.3) is 0 Å². The number of aryl methyl sites for hydroxylation is 2. The van der Waals surface area contributed by atoms with Gasteiger partial charge in [-0.3, -0.25) is 9.78 Å². The highest BCUT2D eigenvalue weighted by molar-refractivity contribution is 5.93. The zero-order valence-electron chi connectivity index (χ0n) is 14.7. The summed E-state index contributed by atoms with van der Waals surface area (Å²) in [7, 11) is 0. The maximum absolute atomic E-state index is 12.9. The number of pyridine rings is 1. The van der Waals surface area contributed by atoms with Gasteiger partial charge in [0.25, 0.3) is 5.91 Å². The summed E-state index contributed by atoms with van der Waals surface area (Å²) in [5.41, 5.74) is 5.31. The highest BCUT2D eigenvalue weighted by Crippen LogP contribution is 2.19. The molecule has 132 valence electrons. The third-order valence-corrected chi connectivity index (χ3v) is 4.15. The van der Waals surface area contributed by atoms with E-state index in [1.54, 1.807) is 24.4 Å². The molecule has 2 aromatic carbocycles. The smallest absolute Gasteiger partial charge is 0.270 e. The number of halogens is 1. The Morgan fingerprint density at radius 2 is 1.69 bits per heavy atom. The van der Waals surface area contributed by atoms with Gasteiger partial charge in [-0.05, 0) is 66.9 Å². The maximum atomic E-state index is 12.9. The first-order chi connectivity index (χ1) is 12.5. The summed E-state index contributed by atoms with van der Waals surface area (Å²) in [5, 5.41) is 6.08. The number of nitrogens with zero attached hydrogens (tertiary/aromatic N) is 1. The van der Waals surface area contributed by atoms with Crippen LogP contribution in [0.4, 0.5) is 15.8 Å². The Kier molecular flexibility index (Phi) is 5.27. The van der Waals surface area contributed by atoms with Gasteiger partial charge in [0.15, 0.2) is 0 Å². The maximum Gasteiger partial charge on any atom is 0.270 e. The quantitative estimate of drug-likeness (QED) is 0.712. The van der Waals surface area contributed by atoms with Crippen LogP contribution >= 0.6 is 0 Å². The second kappa shape index (κ2) is 7.78. The lowest BCUT2D eigenvalue weighted by Gasteiger charge is -2.10. The highest BCUT2D eigenvalue weighted by Gasteiger charge is 2.08. The van der Waals surface area contributed by atoms with Gasteiger partial charge in [0.05, 0.1) is 0 Å². The fourth-order valence-electron chi connectivity index (χ4n) is 2.49. The minimum Gasteiger partial charge on any atom is -0.355 e. The van der Waals surface area contributed by atoms with Gasteiger partial charge in [-0.2, -0.15) is 0 Å². The van der Waals surface area contributed by atoms with Crippen LogP contribution in [-0.2, 0) is 6.54 Å². The Balaban J connectivity index is 1.66. The molecule has 1 amide bonds. The van der Waals surface area contributed by atoms with E-state index in [1.165, 1.54) is 23.3 Å². The topological polar surface area (TPSA) is 54.0 Å². The number of anilines is 2. The normalized spacial score (nSPS) is 10.4. The van der Waals surface area contributed by atoms with Gasteiger partial charge >= 0.3 is 0 Å². The van der Waals surface area contributed by atoms with E-state index in [-0.39, 0.29) is 11.7 Å². The van der Waals surface area contributed by atoms with Gasteiger partial charge in [0, 0.05) is 24.1 Å². The van der Waals surface area contributed by atoms with E-state index < -0.39 is 0 Å². The van der Waals surface area contributed by atoms with Crippen LogP contribution in [0, 0.1) is 19.7 Å². The van der Waals surface area contributed by atoms with Crippen LogP contribution in [0.15, 0.2) is 60.8 Å². The van der Waals surface area contributed by atoms with Crippen molar-refractivity contribution in [3.63, 3.8) is 0 Å². The molecule has 0 aliphatic rings. The Hall–Kier alpha value is -3.21. The molecule has 0 saturated carbocycles. The number of hydrogen-bond donors (Lipinski definition) is 2. The third kappa shape index (κ3) is 4.45. The molecule has 3 rings (SSSR count). The van der Waals surface area contributed by atoms with Crippen molar-refractivity contribution in [2.75, 3.05) is 5.32 Å². The molecule has 4 nitrogen and oxygen atoms in total. The molecular formula is C21H20FN3O. The first-order valence-electron chi connectivity index (χ1n) is 8.34. The molecule has 3 aromatic rings. The number of aromatic nitrogens is 1. The van der Waals surface area contributed by atoms with Gasteiger partial charge in [-0.15, -0.1) is 0 Å². The van der Waals surface area contributed by atoms with Crippen molar-refractivity contribution in [3.8, 4) is 0 Å². The first kappa shape index (κ1) is 17.6. The van der Waals surface area contributed by atoms with Crippen LogP contribution in [0.5, 0.6) is 0 Å². The third-order valence-electron chi connectivity index (χ3n) is 4.15. The van der Waals surface area contributed by atoms with Crippen molar-refractivity contribution >= 4 is 17.3 Å². The van der Waals surface area contributed by atoms with Gasteiger partial charge in [0.2, 0.25) is 0 Å². The second-order valence-corrected chi connectivity index (χ2v) is 6.16. The first-order valence-corrected chi connectivity index (χ1v) is 8.34. The molecule has 0 fully saturated rings. The number of nitrogens with one attached hydrogen (secondary N) is 2. The largest absolute Gasteiger partial charge is 0.355 e. The molecule has 0 radical (unpaired) electrons. The summed E-state index contributed by atoms with van der Waals surface area (Å²) >= 11 is 0. The zero-order chi connectivity index (χ0) is 18.5. The minimum atomic E-state index is -0.299. The summed E-state index contributed by atoms with van der Waals surface area (Å²) in [4.78, 5) is 16.4. The molecule has 0 saturated heterocycles. The molecular weight excluding hydrogens is 329 g/mol. The predicted molar refractivity (Wildman–Crippen MR) is 101 cm³/mol. The van der Waals surface area contributed by atoms with Crippen molar-refractivity contribution in [1.29, 1.82) is 0 Å². The Labute approximate surface area is 152 Å². The number of amides is 1. The number of carbonyl (C=O) groups is 1. The SMILES string of the molecule is Cc1ccc(Nc2ccnc(C(=O)NCc3ccc(F)cc3)c2)cc1C. The molecule has 0 bridgehead atoms. The van der Waals surface area contributed by atoms with E-state index >= 15 is 0 Å². The summed E-state index contributed by atoms with van der Waals surface area (Å²) in [6.07, 6.45) is 1.59. The number of benzene rings is 2. The van der Waals surface area contributed by atoms with Crippen molar-refractivity contribution in [2.45, 2.75) is 20.4 Å². The van der Waals surface area contributed by atoms with E-state index in [2.05, 4.69) is 41.6 Å². The number of rotatable bonds is 5. The van der Waals surface area contributed by atoms with Crippen LogP contribution in [0.2, 0.25) is 0 Å². The molecule has 0 atom stereocenters. The van der Waals surface area contributed by atoms with Crippen LogP contribution in [0.3, 0.4) is 0 Å². The van der Waals surface area contributed by atoms with E-state index in [0.29, 0.717) is 12.2 Å². The molecule has 0 aliphatic carbocycles. The lowest BCUT2D eigenvalue weighted by Crippen LogP contribution is -2.23. The van der Waals surface area contributed by atoms with Crippen molar-refractivity contribution in [2.24, 2.45) is 0 Å². The molecule has 1 aromatic heterocycles. The monoisotopic (exact) mass is 349 g/mol. The Morgan fingerprint density at radius 3 is 2.42 bits per heavy atom. The molecule has 1 heterocycles. The summed E-state index contributed by atoms with van der Waals surface area (Å²) in [6.45, 7) is 4.44. The van der Waals surface area contributed by atoms with Crippen LogP contribution in [-0.4, -0.2) is 10.9 Å². The van der Waals surface area contributed by atoms with Crippen molar-refractivity contribution in [1.82, 2.24) is 10.3 Å². The molecule has 0 spiro atoms. The van der Waals surface area contributed by atoms with Gasteiger partial charge in [0.1, 0.15) is 11.5 Å². The lowest BCUT2D eigenvalue weighted by molar-refractivity contribution is 0.0946. The predicted octanol–water partition coefficient (Wildman–Crippen LogP) is 4.51. The molecule has 0 aliphatic heterocycles. The van der Waals surface area contributed by atoms with E-state index in [9.17, 15) is 9.18 Å². The fourth-order valence-corrected chi connectivity index (χ4v) is 2.49. The summed E-state index contributed by atoms with van der Waals surface area (Å²) < 4.78 is 12.9. The summed E-state index contributed by atoms with van der Waals surface area (Å²) in [5.74, 6) is -0.579. The zero-order valence-corrected chi connectivity index (χ0v) is 14.7. The van der Waals surface area contributed by atoms with Gasteiger partial charge in [-0.1, -0.05) is 18.2 Å². The second-order valence-electron chi connectivity index (χ2n) is 6.16. The fraction of sp³-hybridized carbons (Fsp3) is 0.143. The van der Waals surface area contributed by atoms with Crippen molar-refractivity contribution < 1.29 is 9.18 Å². The average Bonchev–Trinajstić information content (AvgIpc) is 2.64. The van der Waals surface area contributed by atoms with Gasteiger partial charge in [-0.25, -0.2) is 4.39 Å². The van der Waals surface area contributed by atoms with E-state index in [4.69, 9.17) is 0 Å². The minimum absolute atomic E-state index is 0.280. The standard InChI is InChI=1S/C21H20FN3O/c1-14-3-8-18(11-15(14)2)25-19-9-10-23-20(12-19)21(26)24-13-16-4-6-17(22)7-5-16/h3-12H,13H2,1-2H3,(H,23,25)(H,24,26). The molecule has 5 heteroatoms. The highest BCUT2D eigenvalue weighted by atomic mass is 19.1. The van der Waals surface area contributed by atoms with Crippen LogP contribution < -0.4 is 10.6 Å². The lowest BCUT2D eigenvalue weighted by atomic mass is 10.1. The Morgan fingerprint density at radius 1 is 0.962 bits per heavy atom. The van der Waals surface area contributed by atoms with Gasteiger partial charge < -0.3 is 10.6 Å². The molecule has 2 N–H and O–H groups in total. The number of hydrogen-bond acceptors (Lipinski definition) is 3. The van der Waals surface area contributed by atoms with Crippen LogP contribution in [0.1, 0.15) is 27.2 Å². The summed E-state index contributed by atoms with van der Waals surface area (Å²) in [6, 6.07) is 15.6. The average molecular weight is 349 g/mol. The Bertz CT molecular complexity index is 923. The molecule has 0 unspecified atom stereocenters. The van der Waals surface area contributed by atoms with E-state index in [0.717, 1.165) is 16.9 Å². The molecule has 26 heavy (non-hydrogen) atoms.